The number of hydrogen-bond acceptors (Lipinski definition) is 7. The lowest BCUT2D eigenvalue weighted by molar-refractivity contribution is 0.144. The Morgan fingerprint density at radius 3 is 2.49 bits per heavy atom. The number of rotatable bonds is 11. The summed E-state index contributed by atoms with van der Waals surface area (Å²) in [6, 6.07) is 17.8. The Morgan fingerprint density at radius 2 is 1.77 bits per heavy atom. The van der Waals surface area contributed by atoms with Crippen LogP contribution < -0.4 is 19.5 Å². The number of amides is 1. The van der Waals surface area contributed by atoms with Gasteiger partial charge in [0, 0.05) is 60.0 Å². The van der Waals surface area contributed by atoms with Crippen LogP contribution in [0.3, 0.4) is 0 Å². The molecule has 0 radical (unpaired) electrons. The Kier molecular flexibility index (Phi) is 10.2. The fourth-order valence-corrected chi connectivity index (χ4v) is 5.87. The van der Waals surface area contributed by atoms with Gasteiger partial charge in [0.1, 0.15) is 29.7 Å². The van der Waals surface area contributed by atoms with E-state index in [-0.39, 0.29) is 18.0 Å². The summed E-state index contributed by atoms with van der Waals surface area (Å²) in [6.07, 6.45) is 5.19. The molecule has 0 atom stereocenters. The molecule has 1 aliphatic heterocycles. The van der Waals surface area contributed by atoms with Crippen LogP contribution in [-0.2, 0) is 13.2 Å². The molecule has 0 bridgehead atoms. The molecule has 2 heterocycles. The van der Waals surface area contributed by atoms with Gasteiger partial charge in [0.15, 0.2) is 0 Å². The van der Waals surface area contributed by atoms with Crippen molar-refractivity contribution in [3.63, 3.8) is 0 Å². The minimum Gasteiger partial charge on any atom is -0.496 e. The topological polar surface area (TPSA) is 76.2 Å². The van der Waals surface area contributed by atoms with Gasteiger partial charge in [-0.2, -0.15) is 0 Å². The lowest BCUT2D eigenvalue weighted by atomic mass is 9.85. The minimum atomic E-state index is -0.465. The number of methoxy groups -OCH3 is 1. The number of nitrogens with zero attached hydrogens (tertiary/aromatic N) is 3. The van der Waals surface area contributed by atoms with Crippen LogP contribution in [0.15, 0.2) is 79.1 Å². The molecule has 1 aromatic heterocycles. The minimum absolute atomic E-state index is 0.200. The number of allylic oxidation sites excluding steroid dienone is 1. The van der Waals surface area contributed by atoms with Crippen LogP contribution in [0, 0.1) is 12.7 Å². The summed E-state index contributed by atoms with van der Waals surface area (Å²) in [5.74, 6) is 1.03. The van der Waals surface area contributed by atoms with Crippen molar-refractivity contribution >= 4 is 17.4 Å². The van der Waals surface area contributed by atoms with Gasteiger partial charge in [-0.25, -0.2) is 9.18 Å². The number of ether oxygens (including phenoxy) is 3. The highest BCUT2D eigenvalue weighted by atomic mass is 19.1. The van der Waals surface area contributed by atoms with Crippen molar-refractivity contribution < 1.29 is 23.4 Å². The van der Waals surface area contributed by atoms with Gasteiger partial charge >= 0.3 is 6.09 Å². The number of aromatic nitrogens is 1. The summed E-state index contributed by atoms with van der Waals surface area (Å²) >= 11 is 0. The quantitative estimate of drug-likeness (QED) is 0.179. The van der Waals surface area contributed by atoms with E-state index >= 15 is 0 Å². The molecule has 1 aliphatic rings. The van der Waals surface area contributed by atoms with E-state index in [9.17, 15) is 9.18 Å². The maximum Gasteiger partial charge on any atom is 0.415 e. The third kappa shape index (κ3) is 8.10. The van der Waals surface area contributed by atoms with Crippen LogP contribution in [0.2, 0.25) is 0 Å². The summed E-state index contributed by atoms with van der Waals surface area (Å²) in [7, 11) is 5.52. The number of carbonyl (C=O) groups is 1. The second-order valence-corrected chi connectivity index (χ2v) is 12.7. The third-order valence-electron chi connectivity index (χ3n) is 8.10. The smallest absolute Gasteiger partial charge is 0.415 e. The van der Waals surface area contributed by atoms with Gasteiger partial charge in [0.05, 0.1) is 19.2 Å². The highest BCUT2D eigenvalue weighted by Crippen LogP contribution is 2.43. The highest BCUT2D eigenvalue weighted by molar-refractivity contribution is 5.88. The van der Waals surface area contributed by atoms with E-state index < -0.39 is 6.09 Å². The Morgan fingerprint density at radius 1 is 0.979 bits per heavy atom. The summed E-state index contributed by atoms with van der Waals surface area (Å²) < 4.78 is 32.2. The Bertz CT molecular complexity index is 1770. The molecule has 3 aromatic carbocycles. The van der Waals surface area contributed by atoms with Crippen LogP contribution in [0.5, 0.6) is 17.2 Å². The molecular weight excluding hydrogens is 595 g/mol. The molecule has 9 heteroatoms. The van der Waals surface area contributed by atoms with E-state index in [1.165, 1.54) is 12.1 Å². The maximum absolute atomic E-state index is 14.1. The molecule has 0 aliphatic carbocycles. The molecular formula is C38H43FN4O4. The van der Waals surface area contributed by atoms with Crippen LogP contribution in [0.25, 0.3) is 16.7 Å². The molecule has 5 rings (SSSR count). The van der Waals surface area contributed by atoms with Gasteiger partial charge in [-0.3, -0.25) is 4.98 Å². The Labute approximate surface area is 276 Å². The van der Waals surface area contributed by atoms with Gasteiger partial charge in [-0.05, 0) is 94.4 Å². The second kappa shape index (κ2) is 14.3. The molecule has 0 saturated heterocycles. The van der Waals surface area contributed by atoms with Crippen LogP contribution in [0.4, 0.5) is 14.9 Å². The zero-order valence-corrected chi connectivity index (χ0v) is 28.2. The van der Waals surface area contributed by atoms with E-state index in [0.717, 1.165) is 44.6 Å². The maximum atomic E-state index is 14.1. The standard InChI is InChI=1S/C38H43FN4O4/c1-25-10-11-28(39)19-34(25)46-24-32-30(14-15-33-36(32)26(2)21-38(3,4)41-33)31-13-12-29(20-35(31)45-7)47-37(44)43(18-17-42(5)6)23-27-9-8-16-40-22-27/h8-16,19-22,41H,17-18,23-24H2,1-7H3. The monoisotopic (exact) mass is 638 g/mol. The summed E-state index contributed by atoms with van der Waals surface area (Å²) in [5, 5.41) is 3.62. The fraction of sp³-hybridized carbons (Fsp3) is 0.316. The number of likely N-dealkylation sites (N-methyl/N-ethyl adjacent to an activating group) is 1. The first-order chi connectivity index (χ1) is 22.4. The average molecular weight is 639 g/mol. The first-order valence-corrected chi connectivity index (χ1v) is 15.7. The normalized spacial score (nSPS) is 13.3. The van der Waals surface area contributed by atoms with Crippen molar-refractivity contribution in [2.75, 3.05) is 39.6 Å². The SMILES string of the molecule is COc1cc(OC(=O)N(CCN(C)C)Cc2cccnc2)ccc1-c1ccc2c(c1COc1cc(F)ccc1C)C(C)=CC(C)(C)N2. The molecule has 1 N–H and O–H groups in total. The van der Waals surface area contributed by atoms with Crippen molar-refractivity contribution in [2.45, 2.75) is 46.4 Å². The number of pyridine rings is 1. The van der Waals surface area contributed by atoms with Crippen LogP contribution in [0.1, 0.15) is 43.0 Å². The van der Waals surface area contributed by atoms with Gasteiger partial charge in [0.2, 0.25) is 0 Å². The Hall–Kier alpha value is -4.89. The first-order valence-electron chi connectivity index (χ1n) is 15.7. The highest BCUT2D eigenvalue weighted by Gasteiger charge is 2.27. The van der Waals surface area contributed by atoms with E-state index in [1.54, 1.807) is 42.6 Å². The van der Waals surface area contributed by atoms with Gasteiger partial charge in [-0.15, -0.1) is 0 Å². The molecule has 0 fully saturated rings. The van der Waals surface area contributed by atoms with E-state index in [1.807, 2.05) is 50.2 Å². The molecule has 0 saturated carbocycles. The largest absolute Gasteiger partial charge is 0.496 e. The summed E-state index contributed by atoms with van der Waals surface area (Å²) in [6.45, 7) is 9.97. The number of fused-ring (bicyclic) bond motifs is 1. The lowest BCUT2D eigenvalue weighted by Crippen LogP contribution is -2.38. The van der Waals surface area contributed by atoms with Crippen molar-refractivity contribution in [3.8, 4) is 28.4 Å². The van der Waals surface area contributed by atoms with E-state index in [2.05, 4.69) is 43.2 Å². The van der Waals surface area contributed by atoms with Crippen molar-refractivity contribution in [2.24, 2.45) is 0 Å². The summed E-state index contributed by atoms with van der Waals surface area (Å²) in [4.78, 5) is 21.3. The molecule has 1 amide bonds. The molecule has 47 heavy (non-hydrogen) atoms. The zero-order chi connectivity index (χ0) is 33.7. The number of anilines is 1. The van der Waals surface area contributed by atoms with Gasteiger partial charge in [-0.1, -0.05) is 24.3 Å². The van der Waals surface area contributed by atoms with E-state index in [0.29, 0.717) is 36.9 Å². The second-order valence-electron chi connectivity index (χ2n) is 12.7. The number of halogens is 1. The molecule has 0 spiro atoms. The summed E-state index contributed by atoms with van der Waals surface area (Å²) in [5.41, 5.74) is 7.28. The number of nitrogens with one attached hydrogen (secondary N) is 1. The van der Waals surface area contributed by atoms with Crippen molar-refractivity contribution in [1.82, 2.24) is 14.8 Å². The molecule has 8 nitrogen and oxygen atoms in total. The predicted octanol–water partition coefficient (Wildman–Crippen LogP) is 7.95. The number of benzene rings is 3. The van der Waals surface area contributed by atoms with Crippen LogP contribution in [-0.4, -0.2) is 60.7 Å². The molecule has 246 valence electrons. The third-order valence-corrected chi connectivity index (χ3v) is 8.10. The van der Waals surface area contributed by atoms with E-state index in [4.69, 9.17) is 14.2 Å². The van der Waals surface area contributed by atoms with Crippen molar-refractivity contribution in [3.05, 3.63) is 107 Å². The average Bonchev–Trinajstić information content (AvgIpc) is 3.03. The number of carbonyl (C=O) groups excluding carboxylic acids is 1. The van der Waals surface area contributed by atoms with Gasteiger partial charge < -0.3 is 29.3 Å². The number of aryl methyl sites for hydroxylation is 1. The lowest BCUT2D eigenvalue weighted by Gasteiger charge is -2.33. The van der Waals surface area contributed by atoms with Gasteiger partial charge in [0.25, 0.3) is 0 Å². The molecule has 0 unspecified atom stereocenters. The predicted molar refractivity (Wildman–Crippen MR) is 184 cm³/mol. The Balaban J connectivity index is 1.49. The zero-order valence-electron chi connectivity index (χ0n) is 28.2. The first kappa shape index (κ1) is 33.5. The fourth-order valence-electron chi connectivity index (χ4n) is 5.87. The van der Waals surface area contributed by atoms with Crippen LogP contribution >= 0.6 is 0 Å². The molecule has 4 aromatic rings. The number of hydrogen-bond donors (Lipinski definition) is 1. The van der Waals surface area contributed by atoms with Crippen molar-refractivity contribution in [1.29, 1.82) is 0 Å².